The molecule has 3 nitrogen and oxygen atoms in total. The third-order valence-electron chi connectivity index (χ3n) is 2.55. The van der Waals surface area contributed by atoms with Crippen LogP contribution >= 0.6 is 11.3 Å². The van der Waals surface area contributed by atoms with Gasteiger partial charge in [0.25, 0.3) is 0 Å². The summed E-state index contributed by atoms with van der Waals surface area (Å²) in [5, 5.41) is 9.33. The number of hydrogen-bond donors (Lipinski definition) is 1. The largest absolute Gasteiger partial charge is 0.503 e. The highest BCUT2D eigenvalue weighted by Crippen LogP contribution is 2.36. The van der Waals surface area contributed by atoms with Gasteiger partial charge in [0.2, 0.25) is 5.82 Å². The first kappa shape index (κ1) is 11.9. The molecule has 1 N–H and O–H groups in total. The lowest BCUT2D eigenvalue weighted by Crippen LogP contribution is -1.93. The van der Waals surface area contributed by atoms with Crippen molar-refractivity contribution in [3.8, 4) is 16.3 Å². The lowest BCUT2D eigenvalue weighted by Gasteiger charge is -2.03. The van der Waals surface area contributed by atoms with Crippen LogP contribution in [0.15, 0.2) is 24.5 Å². The number of halogens is 3. The number of aromatic hydroxyl groups is 1. The Labute approximate surface area is 109 Å². The molecule has 0 amide bonds. The topological polar surface area (TPSA) is 46.0 Å². The van der Waals surface area contributed by atoms with E-state index in [1.165, 1.54) is 6.20 Å². The molecule has 96 valence electrons. The predicted molar refractivity (Wildman–Crippen MR) is 64.4 cm³/mol. The minimum atomic E-state index is -1.61. The zero-order valence-corrected chi connectivity index (χ0v) is 10.0. The van der Waals surface area contributed by atoms with E-state index in [2.05, 4.69) is 9.97 Å². The van der Waals surface area contributed by atoms with Crippen molar-refractivity contribution in [2.45, 2.75) is 0 Å². The Balaban J connectivity index is 2.27. The number of fused-ring (bicyclic) bond motifs is 1. The third-order valence-corrected chi connectivity index (χ3v) is 3.62. The molecule has 0 aliphatic rings. The maximum absolute atomic E-state index is 13.8. The van der Waals surface area contributed by atoms with E-state index in [0.717, 1.165) is 16.0 Å². The molecule has 2 aromatic heterocycles. The molecule has 0 spiro atoms. The molecule has 0 aliphatic heterocycles. The summed E-state index contributed by atoms with van der Waals surface area (Å²) in [6.07, 6.45) is 3.02. The Morgan fingerprint density at radius 2 is 1.95 bits per heavy atom. The lowest BCUT2D eigenvalue weighted by atomic mass is 10.2. The summed E-state index contributed by atoms with van der Waals surface area (Å²) in [5.74, 6) is -5.51. The molecular weight excluding hydrogens is 277 g/mol. The number of aromatic nitrogens is 2. The van der Waals surface area contributed by atoms with Gasteiger partial charge in [0.05, 0.1) is 16.5 Å². The molecule has 19 heavy (non-hydrogen) atoms. The van der Waals surface area contributed by atoms with Crippen molar-refractivity contribution in [3.05, 3.63) is 42.0 Å². The molecule has 0 saturated heterocycles. The van der Waals surface area contributed by atoms with E-state index in [4.69, 9.17) is 0 Å². The maximum Gasteiger partial charge on any atom is 0.203 e. The summed E-state index contributed by atoms with van der Waals surface area (Å²) in [5.41, 5.74) is 0.240. The quantitative estimate of drug-likeness (QED) is 0.695. The van der Waals surface area contributed by atoms with Crippen LogP contribution in [0.5, 0.6) is 5.75 Å². The van der Waals surface area contributed by atoms with E-state index in [1.54, 1.807) is 12.3 Å². The SMILES string of the molecule is Oc1c(F)c(F)cc(-c2nc3cnccc3s2)c1F. The van der Waals surface area contributed by atoms with Crippen LogP contribution in [0.25, 0.3) is 20.8 Å². The van der Waals surface area contributed by atoms with Gasteiger partial charge in [0.1, 0.15) is 10.5 Å². The van der Waals surface area contributed by atoms with E-state index in [-0.39, 0.29) is 10.6 Å². The number of rotatable bonds is 1. The van der Waals surface area contributed by atoms with Crippen molar-refractivity contribution < 1.29 is 18.3 Å². The number of phenols is 1. The van der Waals surface area contributed by atoms with Gasteiger partial charge in [0.15, 0.2) is 17.4 Å². The van der Waals surface area contributed by atoms with Crippen molar-refractivity contribution in [1.29, 1.82) is 0 Å². The molecule has 3 rings (SSSR count). The van der Waals surface area contributed by atoms with Gasteiger partial charge in [-0.05, 0) is 12.1 Å². The molecule has 0 bridgehead atoms. The second kappa shape index (κ2) is 4.20. The lowest BCUT2D eigenvalue weighted by molar-refractivity contribution is 0.377. The van der Waals surface area contributed by atoms with Crippen LogP contribution in [0, 0.1) is 17.5 Å². The number of phenolic OH excluding ortho intramolecular Hbond substituents is 1. The molecule has 0 unspecified atom stereocenters. The fourth-order valence-corrected chi connectivity index (χ4v) is 2.58. The first-order valence-corrected chi connectivity index (χ1v) is 5.97. The minimum absolute atomic E-state index is 0.148. The summed E-state index contributed by atoms with van der Waals surface area (Å²) < 4.78 is 40.7. The van der Waals surface area contributed by atoms with Crippen LogP contribution in [0.3, 0.4) is 0 Å². The summed E-state index contributed by atoms with van der Waals surface area (Å²) in [6.45, 7) is 0. The normalized spacial score (nSPS) is 11.1. The maximum atomic E-state index is 13.8. The van der Waals surface area contributed by atoms with Gasteiger partial charge in [-0.25, -0.2) is 13.8 Å². The summed E-state index contributed by atoms with van der Waals surface area (Å²) >= 11 is 1.10. The van der Waals surface area contributed by atoms with Crippen LogP contribution in [0.1, 0.15) is 0 Å². The van der Waals surface area contributed by atoms with Gasteiger partial charge >= 0.3 is 0 Å². The second-order valence-electron chi connectivity index (χ2n) is 3.74. The Morgan fingerprint density at radius 3 is 2.68 bits per heavy atom. The Morgan fingerprint density at radius 1 is 1.16 bits per heavy atom. The summed E-state index contributed by atoms with van der Waals surface area (Å²) in [4.78, 5) is 7.93. The Bertz CT molecular complexity index is 755. The van der Waals surface area contributed by atoms with Crippen LogP contribution in [0.4, 0.5) is 13.2 Å². The number of benzene rings is 1. The molecule has 0 atom stereocenters. The standard InChI is InChI=1S/C12H5F3N2OS/c13-6-3-5(9(14)11(18)10(6)15)12-17-7-4-16-2-1-8(7)19-12/h1-4,18H. The molecule has 7 heteroatoms. The molecule has 1 aromatic carbocycles. The third kappa shape index (κ3) is 1.82. The van der Waals surface area contributed by atoms with Crippen molar-refractivity contribution >= 4 is 21.6 Å². The number of hydrogen-bond acceptors (Lipinski definition) is 4. The fourth-order valence-electron chi connectivity index (χ4n) is 1.64. The highest BCUT2D eigenvalue weighted by Gasteiger charge is 2.21. The summed E-state index contributed by atoms with van der Waals surface area (Å²) in [6, 6.07) is 2.35. The van der Waals surface area contributed by atoms with Crippen LogP contribution in [-0.2, 0) is 0 Å². The van der Waals surface area contributed by atoms with Crippen molar-refractivity contribution in [3.63, 3.8) is 0 Å². The van der Waals surface area contributed by atoms with E-state index >= 15 is 0 Å². The van der Waals surface area contributed by atoms with Crippen molar-refractivity contribution in [2.75, 3.05) is 0 Å². The number of pyridine rings is 1. The molecular formula is C12H5F3N2OS. The van der Waals surface area contributed by atoms with E-state index < -0.39 is 23.2 Å². The highest BCUT2D eigenvalue weighted by atomic mass is 32.1. The highest BCUT2D eigenvalue weighted by molar-refractivity contribution is 7.21. The van der Waals surface area contributed by atoms with Crippen molar-refractivity contribution in [2.24, 2.45) is 0 Å². The second-order valence-corrected chi connectivity index (χ2v) is 4.78. The molecule has 0 aliphatic carbocycles. The molecule has 0 radical (unpaired) electrons. The van der Waals surface area contributed by atoms with Crippen LogP contribution in [0.2, 0.25) is 0 Å². The fraction of sp³-hybridized carbons (Fsp3) is 0. The average molecular weight is 282 g/mol. The van der Waals surface area contributed by atoms with E-state index in [9.17, 15) is 18.3 Å². The van der Waals surface area contributed by atoms with E-state index in [1.807, 2.05) is 0 Å². The molecule has 0 saturated carbocycles. The van der Waals surface area contributed by atoms with Crippen LogP contribution < -0.4 is 0 Å². The smallest absolute Gasteiger partial charge is 0.203 e. The molecule has 2 heterocycles. The van der Waals surface area contributed by atoms with Crippen LogP contribution in [-0.4, -0.2) is 15.1 Å². The Hall–Kier alpha value is -2.15. The van der Waals surface area contributed by atoms with E-state index in [0.29, 0.717) is 11.6 Å². The van der Waals surface area contributed by atoms with Gasteiger partial charge in [0, 0.05) is 6.20 Å². The number of thiazole rings is 1. The predicted octanol–water partition coefficient (Wildman–Crippen LogP) is 3.48. The molecule has 3 aromatic rings. The monoisotopic (exact) mass is 282 g/mol. The number of nitrogens with zero attached hydrogens (tertiary/aromatic N) is 2. The first-order chi connectivity index (χ1) is 9.08. The molecule has 0 fully saturated rings. The minimum Gasteiger partial charge on any atom is -0.503 e. The first-order valence-electron chi connectivity index (χ1n) is 5.15. The van der Waals surface area contributed by atoms with Crippen molar-refractivity contribution in [1.82, 2.24) is 9.97 Å². The summed E-state index contributed by atoms with van der Waals surface area (Å²) in [7, 11) is 0. The van der Waals surface area contributed by atoms with Gasteiger partial charge < -0.3 is 5.11 Å². The van der Waals surface area contributed by atoms with Gasteiger partial charge in [-0.15, -0.1) is 11.3 Å². The van der Waals surface area contributed by atoms with Gasteiger partial charge in [-0.1, -0.05) is 0 Å². The van der Waals surface area contributed by atoms with Gasteiger partial charge in [-0.2, -0.15) is 4.39 Å². The zero-order valence-electron chi connectivity index (χ0n) is 9.19. The zero-order chi connectivity index (χ0) is 13.6. The average Bonchev–Trinajstić information content (AvgIpc) is 2.84. The van der Waals surface area contributed by atoms with Gasteiger partial charge in [-0.3, -0.25) is 4.98 Å². The Kier molecular flexibility index (Phi) is 2.63.